The number of H-pyrrole nitrogens is 2. The molecule has 0 saturated carbocycles. The Morgan fingerprint density at radius 2 is 0.672 bits per heavy atom. The van der Waals surface area contributed by atoms with Gasteiger partial charge in [0.15, 0.2) is 0 Å². The van der Waals surface area contributed by atoms with Crippen molar-refractivity contribution in [3.63, 3.8) is 0 Å². The Hall–Kier alpha value is -6.92. The van der Waals surface area contributed by atoms with Crippen molar-refractivity contribution in [3.8, 4) is 56.0 Å². The fraction of sp³-hybridized carbons (Fsp3) is 0.154. The third-order valence-corrected chi connectivity index (χ3v) is 11.4. The Morgan fingerprint density at radius 3 is 1.02 bits per heavy atom. The number of ether oxygens (including phenoxy) is 2. The smallest absolute Gasteiger partial charge is 0.118 e. The maximum absolute atomic E-state index is 5.58. The highest BCUT2D eigenvalue weighted by Gasteiger charge is 2.22. The summed E-state index contributed by atoms with van der Waals surface area (Å²) in [5.41, 5.74) is 23.1. The van der Waals surface area contributed by atoms with Crippen molar-refractivity contribution in [3.05, 3.63) is 153 Å². The third-order valence-electron chi connectivity index (χ3n) is 11.4. The van der Waals surface area contributed by atoms with E-state index in [1.165, 1.54) is 44.5 Å². The highest BCUT2D eigenvalue weighted by molar-refractivity contribution is 6.01. The Balaban J connectivity index is 1.49. The molecule has 2 N–H and O–H groups in total. The quantitative estimate of drug-likeness (QED) is 0.177. The van der Waals surface area contributed by atoms with Crippen LogP contribution in [0.25, 0.3) is 90.9 Å². The molecule has 5 heterocycles. The van der Waals surface area contributed by atoms with Crippen molar-refractivity contribution < 1.29 is 9.47 Å². The van der Waals surface area contributed by atoms with Crippen molar-refractivity contribution >= 4 is 46.4 Å². The fourth-order valence-electron chi connectivity index (χ4n) is 9.00. The van der Waals surface area contributed by atoms with E-state index in [4.69, 9.17) is 19.4 Å². The van der Waals surface area contributed by atoms with E-state index >= 15 is 0 Å². The molecule has 0 spiro atoms. The molecule has 0 unspecified atom stereocenters. The zero-order valence-electron chi connectivity index (χ0n) is 34.3. The largest absolute Gasteiger partial charge is 0.497 e. The fourth-order valence-corrected chi connectivity index (χ4v) is 9.00. The van der Waals surface area contributed by atoms with Gasteiger partial charge in [-0.25, -0.2) is 9.97 Å². The maximum Gasteiger partial charge on any atom is 0.118 e. The Morgan fingerprint density at radius 1 is 0.362 bits per heavy atom. The lowest BCUT2D eigenvalue weighted by Gasteiger charge is -2.13. The number of aromatic amines is 2. The van der Waals surface area contributed by atoms with E-state index in [0.29, 0.717) is 0 Å². The van der Waals surface area contributed by atoms with Crippen molar-refractivity contribution in [2.24, 2.45) is 0 Å². The summed E-state index contributed by atoms with van der Waals surface area (Å²) in [4.78, 5) is 18.8. The second-order valence-electron chi connectivity index (χ2n) is 15.5. The number of nitrogens with one attached hydrogen (secondary N) is 2. The summed E-state index contributed by atoms with van der Waals surface area (Å²) in [6.07, 6.45) is 8.57. The molecule has 286 valence electrons. The molecule has 7 aromatic rings. The summed E-state index contributed by atoms with van der Waals surface area (Å²) < 4.78 is 11.2. The van der Waals surface area contributed by atoms with Crippen LogP contribution in [0, 0.1) is 41.5 Å². The zero-order valence-corrected chi connectivity index (χ0v) is 34.3. The first-order valence-corrected chi connectivity index (χ1v) is 19.7. The molecule has 2 aliphatic heterocycles. The van der Waals surface area contributed by atoms with Crippen LogP contribution in [-0.2, 0) is 0 Å². The SMILES string of the molecule is COc1ccc(-c2c3nc(c(-c4c(C)cc(C)cc4C)c4ccc([nH]4)c(-c4ccc(OC)cc4)c4ccc([nH]4)c(-c4c(C)cc(C)cc4C)c4nc2C=C4)C=C3)cc1. The van der Waals surface area contributed by atoms with Crippen LogP contribution in [-0.4, -0.2) is 34.2 Å². The van der Waals surface area contributed by atoms with Crippen LogP contribution in [0.15, 0.2) is 97.1 Å². The molecule has 58 heavy (non-hydrogen) atoms. The Labute approximate surface area is 339 Å². The summed E-state index contributed by atoms with van der Waals surface area (Å²) in [6.45, 7) is 13.1. The van der Waals surface area contributed by atoms with Crippen molar-refractivity contribution in [1.29, 1.82) is 0 Å². The van der Waals surface area contributed by atoms with E-state index in [1.807, 2.05) is 24.3 Å². The number of nitrogens with zero attached hydrogens (tertiary/aromatic N) is 2. The highest BCUT2D eigenvalue weighted by atomic mass is 16.5. The minimum atomic E-state index is 0.794. The van der Waals surface area contributed by atoms with Gasteiger partial charge in [0, 0.05) is 44.3 Å². The summed E-state index contributed by atoms with van der Waals surface area (Å²) in [7, 11) is 3.39. The second-order valence-corrected chi connectivity index (χ2v) is 15.5. The van der Waals surface area contributed by atoms with Gasteiger partial charge in [0.05, 0.1) is 37.0 Å². The van der Waals surface area contributed by atoms with Gasteiger partial charge in [0.2, 0.25) is 0 Å². The number of methoxy groups -OCH3 is 2. The topological polar surface area (TPSA) is 75.8 Å². The Bertz CT molecular complexity index is 2810. The number of aryl methyl sites for hydroxylation is 6. The average Bonchev–Trinajstić information content (AvgIpc) is 4.05. The van der Waals surface area contributed by atoms with Gasteiger partial charge in [-0.05, 0) is 159 Å². The Kier molecular flexibility index (Phi) is 9.20. The highest BCUT2D eigenvalue weighted by Crippen LogP contribution is 2.41. The first-order chi connectivity index (χ1) is 28.1. The van der Waals surface area contributed by atoms with Gasteiger partial charge in [-0.15, -0.1) is 0 Å². The van der Waals surface area contributed by atoms with Gasteiger partial charge in [0.25, 0.3) is 0 Å². The van der Waals surface area contributed by atoms with Crippen LogP contribution in [0.4, 0.5) is 0 Å². The number of fused-ring (bicyclic) bond motifs is 8. The minimum Gasteiger partial charge on any atom is -0.497 e. The molecule has 3 aromatic heterocycles. The van der Waals surface area contributed by atoms with E-state index in [2.05, 4.69) is 149 Å². The molecule has 9 rings (SSSR count). The van der Waals surface area contributed by atoms with Crippen molar-refractivity contribution in [1.82, 2.24) is 19.9 Å². The monoisotopic (exact) mass is 758 g/mol. The average molecular weight is 759 g/mol. The maximum atomic E-state index is 5.58. The predicted octanol–water partition coefficient (Wildman–Crippen LogP) is 13.2. The van der Waals surface area contributed by atoms with Gasteiger partial charge in [-0.1, -0.05) is 59.7 Å². The lowest BCUT2D eigenvalue weighted by Crippen LogP contribution is -1.95. The van der Waals surface area contributed by atoms with Crippen LogP contribution < -0.4 is 9.47 Å². The molecule has 0 amide bonds. The predicted molar refractivity (Wildman–Crippen MR) is 242 cm³/mol. The molecule has 8 bridgehead atoms. The van der Waals surface area contributed by atoms with Crippen LogP contribution in [0.5, 0.6) is 11.5 Å². The van der Waals surface area contributed by atoms with E-state index in [9.17, 15) is 0 Å². The number of aromatic nitrogens is 4. The standard InChI is InChI=1S/C52H46N4O2/c1-29-25-31(3)47(32(4)26-29)51-43-21-17-39(53-43)49(35-9-13-37(57-7)14-10-35)41-19-23-45(55-41)52(48-33(5)27-30(2)28-34(48)6)46-24-20-42(56-46)50(40-18-22-44(51)54-40)36-11-15-38(58-8)16-12-36/h9-28,53,55H,1-8H3. The van der Waals surface area contributed by atoms with E-state index in [1.54, 1.807) is 14.2 Å². The van der Waals surface area contributed by atoms with Crippen LogP contribution in [0.3, 0.4) is 0 Å². The summed E-state index contributed by atoms with van der Waals surface area (Å²) >= 11 is 0. The van der Waals surface area contributed by atoms with Crippen molar-refractivity contribution in [2.45, 2.75) is 41.5 Å². The van der Waals surface area contributed by atoms with E-state index in [0.717, 1.165) is 89.7 Å². The number of rotatable bonds is 6. The number of benzene rings is 4. The minimum absolute atomic E-state index is 0.794. The zero-order chi connectivity index (χ0) is 40.2. The molecule has 0 fully saturated rings. The summed E-state index contributed by atoms with van der Waals surface area (Å²) in [5.74, 6) is 1.60. The van der Waals surface area contributed by atoms with Crippen LogP contribution in [0.2, 0.25) is 0 Å². The molecule has 0 aliphatic carbocycles. The second kappa shape index (κ2) is 14.5. The van der Waals surface area contributed by atoms with Gasteiger partial charge in [-0.3, -0.25) is 0 Å². The third kappa shape index (κ3) is 6.41. The van der Waals surface area contributed by atoms with Gasteiger partial charge in [-0.2, -0.15) is 0 Å². The van der Waals surface area contributed by atoms with Gasteiger partial charge >= 0.3 is 0 Å². The van der Waals surface area contributed by atoms with Crippen LogP contribution in [0.1, 0.15) is 56.2 Å². The first kappa shape index (κ1) is 36.7. The van der Waals surface area contributed by atoms with Gasteiger partial charge in [0.1, 0.15) is 11.5 Å². The van der Waals surface area contributed by atoms with E-state index < -0.39 is 0 Å². The molecular weight excluding hydrogens is 713 g/mol. The molecule has 6 nitrogen and oxygen atoms in total. The lowest BCUT2D eigenvalue weighted by molar-refractivity contribution is 0.415. The normalized spacial score (nSPS) is 12.0. The molecule has 0 radical (unpaired) electrons. The first-order valence-electron chi connectivity index (χ1n) is 19.7. The molecule has 2 aliphatic rings. The number of hydrogen-bond donors (Lipinski definition) is 2. The summed E-state index contributed by atoms with van der Waals surface area (Å²) in [6, 6.07) is 34.3. The molecular formula is C52H46N4O2. The van der Waals surface area contributed by atoms with E-state index in [-0.39, 0.29) is 0 Å². The van der Waals surface area contributed by atoms with Crippen molar-refractivity contribution in [2.75, 3.05) is 14.2 Å². The summed E-state index contributed by atoms with van der Waals surface area (Å²) in [5, 5.41) is 0. The lowest BCUT2D eigenvalue weighted by atomic mass is 9.92. The molecule has 0 saturated heterocycles. The number of hydrogen-bond acceptors (Lipinski definition) is 4. The molecule has 6 heteroatoms. The van der Waals surface area contributed by atoms with Crippen LogP contribution >= 0.6 is 0 Å². The molecule has 4 aromatic carbocycles. The molecule has 0 atom stereocenters. The van der Waals surface area contributed by atoms with Gasteiger partial charge < -0.3 is 19.4 Å².